The molecular formula is C33H37ClN4O8. The molecule has 2 unspecified atom stereocenters. The number of carboxylic acids is 2. The molecule has 1 heterocycles. The molecule has 2 atom stereocenters. The van der Waals surface area contributed by atoms with Crippen molar-refractivity contribution in [1.82, 2.24) is 15.5 Å². The normalized spacial score (nSPS) is 19.2. The van der Waals surface area contributed by atoms with Crippen LogP contribution in [0.4, 0.5) is 5.69 Å². The summed E-state index contributed by atoms with van der Waals surface area (Å²) < 4.78 is 0. The topological polar surface area (TPSA) is 173 Å². The molecule has 4 amide bonds. The molecular weight excluding hydrogens is 616 g/mol. The van der Waals surface area contributed by atoms with Crippen molar-refractivity contribution in [2.75, 3.05) is 11.4 Å². The maximum atomic E-state index is 13.6. The number of anilines is 1. The Bertz CT molecular complexity index is 1530. The van der Waals surface area contributed by atoms with Crippen molar-refractivity contribution >= 4 is 58.9 Å². The van der Waals surface area contributed by atoms with Gasteiger partial charge in [0.2, 0.25) is 17.7 Å². The van der Waals surface area contributed by atoms with E-state index in [9.17, 15) is 33.9 Å². The van der Waals surface area contributed by atoms with Crippen LogP contribution in [-0.4, -0.2) is 63.3 Å². The number of aliphatic carboxylic acids is 2. The van der Waals surface area contributed by atoms with Gasteiger partial charge in [0, 0.05) is 30.6 Å². The zero-order valence-electron chi connectivity index (χ0n) is 25.6. The molecule has 2 aliphatic rings. The van der Waals surface area contributed by atoms with Crippen LogP contribution in [0.5, 0.6) is 0 Å². The van der Waals surface area contributed by atoms with Gasteiger partial charge in [-0.25, -0.2) is 4.79 Å². The fraction of sp³-hybridized carbons (Fsp3) is 0.394. The van der Waals surface area contributed by atoms with E-state index in [1.54, 1.807) is 55.5 Å². The zero-order chi connectivity index (χ0) is 33.6. The molecule has 1 saturated carbocycles. The number of carbonyl (C=O) groups excluding carboxylic acids is 4. The second kappa shape index (κ2) is 14.6. The number of amides is 4. The van der Waals surface area contributed by atoms with E-state index in [4.69, 9.17) is 16.7 Å². The second-order valence-electron chi connectivity index (χ2n) is 11.6. The Balaban J connectivity index is 1.60. The molecule has 4 rings (SSSR count). The van der Waals surface area contributed by atoms with Gasteiger partial charge in [-0.05, 0) is 67.7 Å². The first-order chi connectivity index (χ1) is 21.8. The van der Waals surface area contributed by atoms with E-state index >= 15 is 0 Å². The minimum absolute atomic E-state index is 0.204. The summed E-state index contributed by atoms with van der Waals surface area (Å²) in [6.45, 7) is 3.29. The van der Waals surface area contributed by atoms with Crippen LogP contribution >= 0.6 is 11.6 Å². The predicted octanol–water partition coefficient (Wildman–Crippen LogP) is 4.10. The summed E-state index contributed by atoms with van der Waals surface area (Å²) in [6, 6.07) is 12.2. The van der Waals surface area contributed by atoms with Gasteiger partial charge in [-0.15, -0.1) is 0 Å². The van der Waals surface area contributed by atoms with Gasteiger partial charge in [0.1, 0.15) is 17.9 Å². The predicted molar refractivity (Wildman–Crippen MR) is 169 cm³/mol. The smallest absolute Gasteiger partial charge is 0.352 e. The SMILES string of the molecule is CC(=O)NCCC1(C(=O)NC(=Cc2ccc(N3C(=O)C(C)N(C(=O)CCC(=O)O)C3c3ccc(Cl)cc3)cc2)C(=O)O)CCCC1. The Morgan fingerprint density at radius 2 is 1.61 bits per heavy atom. The maximum Gasteiger partial charge on any atom is 0.352 e. The first-order valence-corrected chi connectivity index (χ1v) is 15.4. The van der Waals surface area contributed by atoms with Crippen LogP contribution in [0.15, 0.2) is 54.2 Å². The zero-order valence-corrected chi connectivity index (χ0v) is 26.4. The highest BCUT2D eigenvalue weighted by Crippen LogP contribution is 2.42. The van der Waals surface area contributed by atoms with Crippen LogP contribution in [0.2, 0.25) is 5.02 Å². The van der Waals surface area contributed by atoms with E-state index in [-0.39, 0.29) is 30.4 Å². The average molecular weight is 653 g/mol. The van der Waals surface area contributed by atoms with Gasteiger partial charge in [0.15, 0.2) is 0 Å². The van der Waals surface area contributed by atoms with Gasteiger partial charge in [-0.3, -0.25) is 28.9 Å². The van der Waals surface area contributed by atoms with E-state index in [0.29, 0.717) is 47.6 Å². The van der Waals surface area contributed by atoms with Crippen molar-refractivity contribution in [2.45, 2.75) is 71.0 Å². The van der Waals surface area contributed by atoms with E-state index < -0.39 is 41.4 Å². The summed E-state index contributed by atoms with van der Waals surface area (Å²) in [5.41, 5.74) is 0.357. The quantitative estimate of drug-likeness (QED) is 0.248. The molecule has 0 radical (unpaired) electrons. The van der Waals surface area contributed by atoms with E-state index in [1.807, 2.05) is 0 Å². The van der Waals surface area contributed by atoms with Crippen LogP contribution < -0.4 is 15.5 Å². The number of nitrogens with one attached hydrogen (secondary N) is 2. The Hall–Kier alpha value is -4.71. The Labute approximate surface area is 271 Å². The van der Waals surface area contributed by atoms with Gasteiger partial charge >= 0.3 is 11.9 Å². The van der Waals surface area contributed by atoms with Crippen molar-refractivity contribution in [3.8, 4) is 0 Å². The number of rotatable bonds is 12. The Kier molecular flexibility index (Phi) is 10.8. The van der Waals surface area contributed by atoms with Gasteiger partial charge in [0.05, 0.1) is 11.8 Å². The third-order valence-electron chi connectivity index (χ3n) is 8.51. The molecule has 1 aliphatic heterocycles. The molecule has 1 aliphatic carbocycles. The van der Waals surface area contributed by atoms with Crippen molar-refractivity contribution < 1.29 is 39.0 Å². The third-order valence-corrected chi connectivity index (χ3v) is 8.76. The summed E-state index contributed by atoms with van der Waals surface area (Å²) in [5.74, 6) is -3.94. The molecule has 12 nitrogen and oxygen atoms in total. The molecule has 244 valence electrons. The van der Waals surface area contributed by atoms with Crippen molar-refractivity contribution in [3.05, 3.63) is 70.4 Å². The molecule has 0 aromatic heterocycles. The summed E-state index contributed by atoms with van der Waals surface area (Å²) in [5, 5.41) is 24.8. The number of benzene rings is 2. The second-order valence-corrected chi connectivity index (χ2v) is 12.1. The van der Waals surface area contributed by atoms with Crippen molar-refractivity contribution in [3.63, 3.8) is 0 Å². The van der Waals surface area contributed by atoms with E-state index in [1.165, 1.54) is 22.8 Å². The standard InChI is InChI=1S/C33H37ClN4O8/c1-20-30(43)38(29(23-7-9-24(34)10-8-23)37(20)27(40)13-14-28(41)42)25-11-5-22(6-12-25)19-26(31(44)45)36-32(46)33(15-3-4-16-33)17-18-35-21(2)39/h5-12,19-20,29H,3-4,13-18H2,1-2H3,(H,35,39)(H,36,46)(H,41,42)(H,44,45). The first kappa shape index (κ1) is 34.2. The summed E-state index contributed by atoms with van der Waals surface area (Å²) in [7, 11) is 0. The largest absolute Gasteiger partial charge is 0.481 e. The highest BCUT2D eigenvalue weighted by Gasteiger charge is 2.47. The van der Waals surface area contributed by atoms with Gasteiger partial charge in [0.25, 0.3) is 5.91 Å². The molecule has 2 aromatic carbocycles. The molecule has 0 bridgehead atoms. The van der Waals surface area contributed by atoms with Gasteiger partial charge in [-0.1, -0.05) is 48.7 Å². The fourth-order valence-corrected chi connectivity index (χ4v) is 6.24. The lowest BCUT2D eigenvalue weighted by Crippen LogP contribution is -2.42. The molecule has 2 fully saturated rings. The van der Waals surface area contributed by atoms with Crippen LogP contribution in [0.1, 0.15) is 76.1 Å². The number of carboxylic acid groups (broad SMARTS) is 2. The van der Waals surface area contributed by atoms with Crippen LogP contribution in [0.25, 0.3) is 6.08 Å². The van der Waals surface area contributed by atoms with Crippen LogP contribution in [-0.2, 0) is 28.8 Å². The molecule has 46 heavy (non-hydrogen) atoms. The van der Waals surface area contributed by atoms with Crippen LogP contribution in [0, 0.1) is 5.41 Å². The highest BCUT2D eigenvalue weighted by atomic mass is 35.5. The minimum Gasteiger partial charge on any atom is -0.481 e. The monoisotopic (exact) mass is 652 g/mol. The lowest BCUT2D eigenvalue weighted by molar-refractivity contribution is -0.142. The number of nitrogens with zero attached hydrogens (tertiary/aromatic N) is 2. The summed E-state index contributed by atoms with van der Waals surface area (Å²) in [4.78, 5) is 77.6. The average Bonchev–Trinajstić information content (AvgIpc) is 3.59. The maximum absolute atomic E-state index is 13.6. The van der Waals surface area contributed by atoms with Crippen LogP contribution in [0.3, 0.4) is 0 Å². The number of halogens is 1. The van der Waals surface area contributed by atoms with E-state index in [2.05, 4.69) is 10.6 Å². The van der Waals surface area contributed by atoms with E-state index in [0.717, 1.165) is 12.8 Å². The lowest BCUT2D eigenvalue weighted by Gasteiger charge is -2.31. The molecule has 4 N–H and O–H groups in total. The Morgan fingerprint density at radius 1 is 0.978 bits per heavy atom. The number of carbonyl (C=O) groups is 6. The number of hydrogen-bond acceptors (Lipinski definition) is 6. The molecule has 13 heteroatoms. The summed E-state index contributed by atoms with van der Waals surface area (Å²) in [6.07, 6.45) is 3.01. The first-order valence-electron chi connectivity index (χ1n) is 15.1. The lowest BCUT2D eigenvalue weighted by atomic mass is 9.81. The third kappa shape index (κ3) is 7.74. The van der Waals surface area contributed by atoms with Gasteiger partial charge in [-0.2, -0.15) is 0 Å². The summed E-state index contributed by atoms with van der Waals surface area (Å²) >= 11 is 6.09. The van der Waals surface area contributed by atoms with Crippen molar-refractivity contribution in [2.24, 2.45) is 5.41 Å². The molecule has 1 saturated heterocycles. The number of hydrogen-bond donors (Lipinski definition) is 4. The van der Waals surface area contributed by atoms with Crippen molar-refractivity contribution in [1.29, 1.82) is 0 Å². The minimum atomic E-state index is -1.32. The Morgan fingerprint density at radius 3 is 2.17 bits per heavy atom. The molecule has 0 spiro atoms. The highest BCUT2D eigenvalue weighted by molar-refractivity contribution is 6.30. The van der Waals surface area contributed by atoms with Gasteiger partial charge < -0.3 is 25.7 Å². The molecule has 2 aromatic rings. The fourth-order valence-electron chi connectivity index (χ4n) is 6.11.